The van der Waals surface area contributed by atoms with Gasteiger partial charge < -0.3 is 17.3 Å². The normalized spacial score (nSPS) is 43.9. The number of fused-ring (bicyclic) bond motifs is 4. The number of carbonyl (C=O) groups is 1. The van der Waals surface area contributed by atoms with Gasteiger partial charge in [-0.15, -0.1) is 0 Å². The van der Waals surface area contributed by atoms with Crippen LogP contribution in [-0.2, 0) is 15.7 Å². The lowest BCUT2D eigenvalue weighted by Crippen LogP contribution is -2.53. The van der Waals surface area contributed by atoms with E-state index < -0.39 is 7.25 Å². The number of hydrogen-bond donors (Lipinski definition) is 0. The highest BCUT2D eigenvalue weighted by Gasteiger charge is 2.75. The summed E-state index contributed by atoms with van der Waals surface area (Å²) in [5, 5.41) is 1.62. The number of halogens is 4. The zero-order valence-corrected chi connectivity index (χ0v) is 15.8. The Morgan fingerprint density at radius 3 is 2.36 bits per heavy atom. The number of ketones is 1. The average molecular weight is 378 g/mol. The molecular weight excluding hydrogens is 351 g/mol. The Bertz CT molecular complexity index is 558. The number of rotatable bonds is 3. The monoisotopic (exact) mass is 378 g/mol. The van der Waals surface area contributed by atoms with Gasteiger partial charge in [-0.2, -0.15) is 0 Å². The van der Waals surface area contributed by atoms with Crippen LogP contribution in [0.2, 0.25) is 0 Å². The lowest BCUT2D eigenvalue weighted by Gasteiger charge is -2.43. The first-order valence-corrected chi connectivity index (χ1v) is 10.7. The van der Waals surface area contributed by atoms with Crippen molar-refractivity contribution in [2.24, 2.45) is 22.7 Å². The van der Waals surface area contributed by atoms with E-state index in [0.29, 0.717) is 27.8 Å². The molecule has 3 saturated carbocycles. The van der Waals surface area contributed by atoms with Crippen molar-refractivity contribution in [3.8, 4) is 0 Å². The largest absolute Gasteiger partial charge is 0.673 e. The topological polar surface area (TPSA) is 17.1 Å². The fourth-order valence-electron chi connectivity index (χ4n) is 6.39. The molecule has 0 spiro atoms. The molecule has 0 radical (unpaired) electrons. The molecule has 1 nitrogen and oxygen atoms in total. The van der Waals surface area contributed by atoms with Crippen molar-refractivity contribution in [2.75, 3.05) is 5.75 Å². The minimum Gasteiger partial charge on any atom is -0.418 e. The fourth-order valence-corrected chi connectivity index (χ4v) is 10.3. The summed E-state index contributed by atoms with van der Waals surface area (Å²) in [4.78, 5) is 13.0. The fraction of sp³-hybridized carbons (Fsp3) is 0.833. The molecule has 25 heavy (non-hydrogen) atoms. The van der Waals surface area contributed by atoms with E-state index in [1.165, 1.54) is 37.9 Å². The van der Waals surface area contributed by atoms with Crippen molar-refractivity contribution >= 4 is 23.9 Å². The molecule has 0 amide bonds. The van der Waals surface area contributed by atoms with E-state index in [0.717, 1.165) is 17.6 Å². The Morgan fingerprint density at radius 1 is 1.24 bits per heavy atom. The second-order valence-electron chi connectivity index (χ2n) is 8.59. The van der Waals surface area contributed by atoms with Gasteiger partial charge in [-0.05, 0) is 54.0 Å². The van der Waals surface area contributed by atoms with E-state index in [1.807, 2.05) is 0 Å². The Hall–Kier alpha value is -0.455. The predicted octanol–water partition coefficient (Wildman–Crippen LogP) is 5.04. The standard InChI is InChI=1S/C18H27OS.BF4/c1-4-9-20-14-6-5-12(10-14)16(20)18-8-7-13(11-15(18)19)17(18,2)3;2-1(3,4)5/h4,12-14,16H,1,5-11H2,2-3H3;/q+1;-1/t12?,13-,14?,16?,18+,20?;/m1./s1. The highest BCUT2D eigenvalue weighted by molar-refractivity contribution is 7.98. The van der Waals surface area contributed by atoms with Crippen LogP contribution in [0.25, 0.3) is 0 Å². The lowest BCUT2D eigenvalue weighted by atomic mass is 9.64. The molecule has 1 heterocycles. The summed E-state index contributed by atoms with van der Waals surface area (Å²) in [6, 6.07) is 0. The smallest absolute Gasteiger partial charge is 0.418 e. The first kappa shape index (κ1) is 19.3. The number of hydrogen-bond acceptors (Lipinski definition) is 1. The van der Waals surface area contributed by atoms with Gasteiger partial charge in [-0.1, -0.05) is 20.4 Å². The Kier molecular flexibility index (Phi) is 4.87. The molecule has 4 fully saturated rings. The summed E-state index contributed by atoms with van der Waals surface area (Å²) < 4.78 is 39.0. The van der Waals surface area contributed by atoms with Crippen molar-refractivity contribution in [3.05, 3.63) is 12.7 Å². The van der Waals surface area contributed by atoms with Crippen molar-refractivity contribution in [1.29, 1.82) is 0 Å². The highest BCUT2D eigenvalue weighted by atomic mass is 32.2. The van der Waals surface area contributed by atoms with Crippen LogP contribution in [0.5, 0.6) is 0 Å². The number of Topliss-reactive ketones (excluding diaryl/α,β-unsaturated/α-hetero) is 1. The van der Waals surface area contributed by atoms with Crippen LogP contribution in [0.1, 0.15) is 52.4 Å². The van der Waals surface area contributed by atoms with Crippen LogP contribution in [0.15, 0.2) is 12.7 Å². The van der Waals surface area contributed by atoms with Crippen LogP contribution < -0.4 is 0 Å². The van der Waals surface area contributed by atoms with Crippen LogP contribution in [0.4, 0.5) is 17.3 Å². The summed E-state index contributed by atoms with van der Waals surface area (Å²) in [5.74, 6) is 3.33. The van der Waals surface area contributed by atoms with Gasteiger partial charge in [-0.3, -0.25) is 4.79 Å². The zero-order valence-electron chi connectivity index (χ0n) is 14.9. The van der Waals surface area contributed by atoms with Gasteiger partial charge >= 0.3 is 7.25 Å². The van der Waals surface area contributed by atoms with Gasteiger partial charge in [0, 0.05) is 18.8 Å². The Labute approximate surface area is 150 Å². The van der Waals surface area contributed by atoms with E-state index in [9.17, 15) is 22.1 Å². The molecule has 1 saturated heterocycles. The maximum Gasteiger partial charge on any atom is 0.673 e. The Morgan fingerprint density at radius 2 is 1.88 bits per heavy atom. The van der Waals surface area contributed by atoms with Crippen molar-refractivity contribution in [2.45, 2.75) is 62.9 Å². The molecule has 4 bridgehead atoms. The molecule has 6 atom stereocenters. The minimum atomic E-state index is -6.00. The molecule has 1 aliphatic heterocycles. The van der Waals surface area contributed by atoms with Crippen molar-refractivity contribution in [1.82, 2.24) is 0 Å². The van der Waals surface area contributed by atoms with Gasteiger partial charge in [0.15, 0.2) is 0 Å². The molecule has 0 aromatic rings. The van der Waals surface area contributed by atoms with E-state index in [1.54, 1.807) is 0 Å². The summed E-state index contributed by atoms with van der Waals surface area (Å²) in [5.41, 5.74) is 0.301. The second-order valence-corrected chi connectivity index (χ2v) is 11.0. The highest BCUT2D eigenvalue weighted by Crippen LogP contribution is 2.70. The van der Waals surface area contributed by atoms with Crippen LogP contribution in [-0.4, -0.2) is 29.3 Å². The van der Waals surface area contributed by atoms with E-state index in [2.05, 4.69) is 26.5 Å². The summed E-state index contributed by atoms with van der Waals surface area (Å²) in [7, 11) is -5.56. The van der Waals surface area contributed by atoms with Crippen LogP contribution in [0, 0.1) is 22.7 Å². The molecule has 7 heteroatoms. The van der Waals surface area contributed by atoms with Crippen molar-refractivity contribution < 1.29 is 22.1 Å². The van der Waals surface area contributed by atoms with E-state index >= 15 is 0 Å². The Balaban J connectivity index is 0.000000324. The van der Waals surface area contributed by atoms with Crippen molar-refractivity contribution in [3.63, 3.8) is 0 Å². The predicted molar refractivity (Wildman–Crippen MR) is 96.1 cm³/mol. The lowest BCUT2D eigenvalue weighted by molar-refractivity contribution is -0.130. The first-order valence-electron chi connectivity index (χ1n) is 9.22. The SMILES string of the molecule is C=CC[S+]1C2CCC(C2)C1[C@]12CC[C@H](CC1=O)C2(C)C.F[B-](F)(F)F. The third-order valence-electron chi connectivity index (χ3n) is 7.39. The van der Waals surface area contributed by atoms with Gasteiger partial charge in [-0.25, -0.2) is 0 Å². The van der Waals surface area contributed by atoms with Crippen LogP contribution in [0.3, 0.4) is 0 Å². The molecule has 0 aromatic carbocycles. The van der Waals surface area contributed by atoms with Gasteiger partial charge in [0.25, 0.3) is 0 Å². The summed E-state index contributed by atoms with van der Waals surface area (Å²) >= 11 is 0. The van der Waals surface area contributed by atoms with Gasteiger partial charge in [0.2, 0.25) is 0 Å². The molecule has 142 valence electrons. The molecule has 4 unspecified atom stereocenters. The molecule has 4 rings (SSSR count). The molecule has 4 aliphatic rings. The van der Waals surface area contributed by atoms with E-state index in [4.69, 9.17) is 0 Å². The zero-order chi connectivity index (χ0) is 18.6. The molecule has 0 aromatic heterocycles. The first-order chi connectivity index (χ1) is 11.5. The van der Waals surface area contributed by atoms with Crippen LogP contribution >= 0.6 is 0 Å². The molecule has 0 N–H and O–H groups in total. The minimum absolute atomic E-state index is 0.0453. The van der Waals surface area contributed by atoms with E-state index in [-0.39, 0.29) is 10.8 Å². The molecular formula is C18H27BF4OS. The maximum atomic E-state index is 13.0. The summed E-state index contributed by atoms with van der Waals surface area (Å²) in [6.07, 6.45) is 9.74. The maximum absolute atomic E-state index is 13.0. The van der Waals surface area contributed by atoms with Gasteiger partial charge in [0.1, 0.15) is 22.0 Å². The van der Waals surface area contributed by atoms with Gasteiger partial charge in [0.05, 0.1) is 5.41 Å². The number of carbonyl (C=O) groups excluding carboxylic acids is 1. The summed E-state index contributed by atoms with van der Waals surface area (Å²) in [6.45, 7) is 8.83. The third-order valence-corrected chi connectivity index (χ3v) is 10.7. The molecule has 3 aliphatic carbocycles. The third kappa shape index (κ3) is 2.98. The average Bonchev–Trinajstić information content (AvgIpc) is 3.16. The quantitative estimate of drug-likeness (QED) is 0.291. The second kappa shape index (κ2) is 6.31.